The largest absolute Gasteiger partial charge is 0.484 e. The van der Waals surface area contributed by atoms with Crippen molar-refractivity contribution >= 4 is 40.1 Å². The minimum absolute atomic E-state index is 0.158. The molecule has 5 nitrogen and oxygen atoms in total. The quantitative estimate of drug-likeness (QED) is 0.577. The van der Waals surface area contributed by atoms with E-state index in [9.17, 15) is 9.59 Å². The van der Waals surface area contributed by atoms with Crippen LogP contribution in [0.15, 0.2) is 57.7 Å². The third-order valence-corrected chi connectivity index (χ3v) is 4.91. The Morgan fingerprint density at radius 3 is 2.63 bits per heavy atom. The number of benzene rings is 2. The second-order valence-electron chi connectivity index (χ2n) is 6.09. The molecule has 7 heteroatoms. The molecule has 140 valence electrons. The van der Waals surface area contributed by atoms with Crippen LogP contribution in [0.3, 0.4) is 0 Å². The molecule has 0 radical (unpaired) electrons. The van der Waals surface area contributed by atoms with Crippen LogP contribution in [0.2, 0.25) is 10.0 Å². The number of amides is 1. The fourth-order valence-corrected chi connectivity index (χ4v) is 3.21. The highest BCUT2D eigenvalue weighted by molar-refractivity contribution is 6.35. The lowest BCUT2D eigenvalue weighted by molar-refractivity contribution is -0.134. The van der Waals surface area contributed by atoms with Gasteiger partial charge >= 0.3 is 5.63 Å². The summed E-state index contributed by atoms with van der Waals surface area (Å²) in [6.45, 7) is 1.71. The number of nitrogens with zero attached hydrogens (tertiary/aromatic N) is 1. The van der Waals surface area contributed by atoms with Crippen LogP contribution in [-0.2, 0) is 4.79 Å². The molecular weight excluding hydrogens is 389 g/mol. The van der Waals surface area contributed by atoms with E-state index in [0.717, 1.165) is 10.9 Å². The van der Waals surface area contributed by atoms with Gasteiger partial charge in [-0.25, -0.2) is 4.79 Å². The Bertz CT molecular complexity index is 1050. The van der Waals surface area contributed by atoms with Crippen LogP contribution in [-0.4, -0.2) is 24.5 Å². The summed E-state index contributed by atoms with van der Waals surface area (Å²) in [5, 5.41) is 1.81. The standard InChI is InChI=1S/C20H17Cl2NO4/c1-12(16-7-5-14(21)9-17(16)22)23(2)19(24)11-26-15-6-3-13-4-8-20(25)27-18(13)10-15/h3-10,12H,11H2,1-2H3. The Kier molecular flexibility index (Phi) is 5.73. The summed E-state index contributed by atoms with van der Waals surface area (Å²) in [6.07, 6.45) is 0. The number of rotatable bonds is 5. The second-order valence-corrected chi connectivity index (χ2v) is 6.93. The van der Waals surface area contributed by atoms with Gasteiger partial charge in [-0.2, -0.15) is 0 Å². The van der Waals surface area contributed by atoms with E-state index in [-0.39, 0.29) is 18.6 Å². The van der Waals surface area contributed by atoms with E-state index in [2.05, 4.69) is 0 Å². The molecular formula is C20H17Cl2NO4. The number of carbonyl (C=O) groups excluding carboxylic acids is 1. The van der Waals surface area contributed by atoms with E-state index in [1.54, 1.807) is 54.4 Å². The molecule has 0 saturated carbocycles. The van der Waals surface area contributed by atoms with Crippen molar-refractivity contribution in [3.63, 3.8) is 0 Å². The van der Waals surface area contributed by atoms with Crippen molar-refractivity contribution in [3.8, 4) is 5.75 Å². The fraction of sp³-hybridized carbons (Fsp3) is 0.200. The minimum atomic E-state index is -0.441. The Labute approximate surface area is 166 Å². The normalized spacial score (nSPS) is 12.0. The van der Waals surface area contributed by atoms with Gasteiger partial charge < -0.3 is 14.1 Å². The molecule has 0 fully saturated rings. The van der Waals surface area contributed by atoms with Crippen molar-refractivity contribution in [1.82, 2.24) is 4.90 Å². The summed E-state index contributed by atoms with van der Waals surface area (Å²) < 4.78 is 10.7. The molecule has 0 aliphatic rings. The van der Waals surface area contributed by atoms with Gasteiger partial charge in [-0.3, -0.25) is 4.79 Å². The highest BCUT2D eigenvalue weighted by atomic mass is 35.5. The predicted molar refractivity (Wildman–Crippen MR) is 106 cm³/mol. The van der Waals surface area contributed by atoms with Crippen LogP contribution >= 0.6 is 23.2 Å². The van der Waals surface area contributed by atoms with Crippen LogP contribution in [0, 0.1) is 0 Å². The lowest BCUT2D eigenvalue weighted by Crippen LogP contribution is -2.33. The summed E-state index contributed by atoms with van der Waals surface area (Å²) in [5.41, 5.74) is 0.760. The first-order valence-electron chi connectivity index (χ1n) is 8.22. The van der Waals surface area contributed by atoms with E-state index in [1.807, 2.05) is 6.92 Å². The zero-order valence-corrected chi connectivity index (χ0v) is 16.3. The minimum Gasteiger partial charge on any atom is -0.484 e. The van der Waals surface area contributed by atoms with Crippen molar-refractivity contribution < 1.29 is 13.9 Å². The van der Waals surface area contributed by atoms with Gasteiger partial charge in [0.15, 0.2) is 6.61 Å². The molecule has 0 N–H and O–H groups in total. The predicted octanol–water partition coefficient (Wildman–Crippen LogP) is 4.70. The number of hydrogen-bond donors (Lipinski definition) is 0. The lowest BCUT2D eigenvalue weighted by Gasteiger charge is -2.26. The molecule has 1 atom stereocenters. The molecule has 1 aromatic heterocycles. The maximum absolute atomic E-state index is 12.5. The van der Waals surface area contributed by atoms with Gasteiger partial charge in [-0.05, 0) is 42.8 Å². The van der Waals surface area contributed by atoms with E-state index >= 15 is 0 Å². The number of carbonyl (C=O) groups is 1. The number of hydrogen-bond acceptors (Lipinski definition) is 4. The highest BCUT2D eigenvalue weighted by Gasteiger charge is 2.20. The molecule has 27 heavy (non-hydrogen) atoms. The molecule has 0 aliphatic heterocycles. The lowest BCUT2D eigenvalue weighted by atomic mass is 10.1. The van der Waals surface area contributed by atoms with Crippen molar-refractivity contribution in [2.75, 3.05) is 13.7 Å². The summed E-state index contributed by atoms with van der Waals surface area (Å²) in [5.74, 6) is 0.221. The number of likely N-dealkylation sites (N-methyl/N-ethyl adjacent to an activating group) is 1. The van der Waals surface area contributed by atoms with Gasteiger partial charge in [0, 0.05) is 34.6 Å². The number of fused-ring (bicyclic) bond motifs is 1. The van der Waals surface area contributed by atoms with E-state index in [1.165, 1.54) is 6.07 Å². The molecule has 0 saturated heterocycles. The van der Waals surface area contributed by atoms with Crippen molar-refractivity contribution in [2.45, 2.75) is 13.0 Å². The zero-order valence-electron chi connectivity index (χ0n) is 14.7. The Hall–Kier alpha value is -2.50. The fourth-order valence-electron chi connectivity index (χ4n) is 2.64. The summed E-state index contributed by atoms with van der Waals surface area (Å²) in [7, 11) is 1.68. The first-order valence-corrected chi connectivity index (χ1v) is 8.98. The number of ether oxygens (including phenoxy) is 1. The molecule has 1 heterocycles. The van der Waals surface area contributed by atoms with Crippen molar-refractivity contribution in [3.05, 3.63) is 74.6 Å². The maximum atomic E-state index is 12.5. The van der Waals surface area contributed by atoms with Crippen LogP contribution in [0.1, 0.15) is 18.5 Å². The third kappa shape index (κ3) is 4.43. The van der Waals surface area contributed by atoms with E-state index < -0.39 is 5.63 Å². The van der Waals surface area contributed by atoms with Crippen LogP contribution < -0.4 is 10.4 Å². The van der Waals surface area contributed by atoms with E-state index in [4.69, 9.17) is 32.4 Å². The Morgan fingerprint density at radius 1 is 1.15 bits per heavy atom. The smallest absolute Gasteiger partial charge is 0.336 e. The van der Waals surface area contributed by atoms with Crippen LogP contribution in [0.25, 0.3) is 11.0 Å². The second kappa shape index (κ2) is 8.03. The SMILES string of the molecule is CC(c1ccc(Cl)cc1Cl)N(C)C(=O)COc1ccc2ccc(=O)oc2c1. The number of halogens is 2. The average molecular weight is 406 g/mol. The van der Waals surface area contributed by atoms with Gasteiger partial charge in [0.05, 0.1) is 6.04 Å². The molecule has 0 aliphatic carbocycles. The average Bonchev–Trinajstić information content (AvgIpc) is 2.64. The van der Waals surface area contributed by atoms with E-state index in [0.29, 0.717) is 21.4 Å². The molecule has 0 bridgehead atoms. The first-order chi connectivity index (χ1) is 12.8. The van der Waals surface area contributed by atoms with Gasteiger partial charge in [-0.15, -0.1) is 0 Å². The summed E-state index contributed by atoms with van der Waals surface area (Å²) >= 11 is 12.1. The topological polar surface area (TPSA) is 59.8 Å². The van der Waals surface area contributed by atoms with Crippen LogP contribution in [0.5, 0.6) is 5.75 Å². The molecule has 1 amide bonds. The molecule has 2 aromatic carbocycles. The zero-order chi connectivity index (χ0) is 19.6. The molecule has 3 aromatic rings. The van der Waals surface area contributed by atoms with Gasteiger partial charge in [0.2, 0.25) is 0 Å². The highest BCUT2D eigenvalue weighted by Crippen LogP contribution is 2.29. The first kappa shape index (κ1) is 19.3. The Balaban J connectivity index is 1.68. The molecule has 0 spiro atoms. The van der Waals surface area contributed by atoms with Crippen LogP contribution in [0.4, 0.5) is 0 Å². The van der Waals surface area contributed by atoms with Gasteiger partial charge in [0.1, 0.15) is 11.3 Å². The van der Waals surface area contributed by atoms with Crippen molar-refractivity contribution in [1.29, 1.82) is 0 Å². The summed E-state index contributed by atoms with van der Waals surface area (Å²) in [4.78, 5) is 25.4. The summed E-state index contributed by atoms with van der Waals surface area (Å²) in [6, 6.07) is 13.0. The maximum Gasteiger partial charge on any atom is 0.336 e. The Morgan fingerprint density at radius 2 is 1.89 bits per heavy atom. The molecule has 1 unspecified atom stereocenters. The van der Waals surface area contributed by atoms with Gasteiger partial charge in [-0.1, -0.05) is 29.3 Å². The molecule has 3 rings (SSSR count). The van der Waals surface area contributed by atoms with Crippen molar-refractivity contribution in [2.24, 2.45) is 0 Å². The van der Waals surface area contributed by atoms with Gasteiger partial charge in [0.25, 0.3) is 5.91 Å². The third-order valence-electron chi connectivity index (χ3n) is 4.34. The monoisotopic (exact) mass is 405 g/mol.